The highest BCUT2D eigenvalue weighted by molar-refractivity contribution is 6.36. The summed E-state index contributed by atoms with van der Waals surface area (Å²) < 4.78 is 1.70. The summed E-state index contributed by atoms with van der Waals surface area (Å²) in [6.07, 6.45) is 1.48. The molecule has 0 saturated carbocycles. The number of hydrogen-bond acceptors (Lipinski definition) is 2. The molecule has 6 heteroatoms. The minimum atomic E-state index is 0.528. The van der Waals surface area contributed by atoms with Gasteiger partial charge in [0.2, 0.25) is 0 Å². The number of hydrogen-bond donors (Lipinski definition) is 0. The summed E-state index contributed by atoms with van der Waals surface area (Å²) in [6, 6.07) is 12.6. The molecule has 100 valence electrons. The maximum absolute atomic E-state index is 6.22. The van der Waals surface area contributed by atoms with Gasteiger partial charge in [0.15, 0.2) is 5.82 Å². The van der Waals surface area contributed by atoms with Crippen LogP contribution in [0.5, 0.6) is 0 Å². The molecule has 0 N–H and O–H groups in total. The fourth-order valence-electron chi connectivity index (χ4n) is 1.87. The molecular weight excluding hydrogens is 317 g/mol. The molecule has 3 rings (SSSR count). The first-order valence-corrected chi connectivity index (χ1v) is 6.90. The van der Waals surface area contributed by atoms with Crippen LogP contribution in [-0.4, -0.2) is 14.8 Å². The molecule has 20 heavy (non-hydrogen) atoms. The number of rotatable bonds is 2. The van der Waals surface area contributed by atoms with Crippen LogP contribution in [0.2, 0.25) is 15.1 Å². The topological polar surface area (TPSA) is 30.7 Å². The molecule has 0 aliphatic carbocycles. The molecule has 0 amide bonds. The minimum absolute atomic E-state index is 0.528. The van der Waals surface area contributed by atoms with E-state index in [1.807, 2.05) is 18.2 Å². The normalized spacial score (nSPS) is 10.8. The van der Waals surface area contributed by atoms with Crippen molar-refractivity contribution in [1.82, 2.24) is 14.8 Å². The maximum Gasteiger partial charge on any atom is 0.164 e. The first-order valence-electron chi connectivity index (χ1n) is 5.76. The van der Waals surface area contributed by atoms with Crippen LogP contribution in [0, 0.1) is 0 Å². The van der Waals surface area contributed by atoms with Gasteiger partial charge in [-0.3, -0.25) is 0 Å². The van der Waals surface area contributed by atoms with Crippen molar-refractivity contribution in [3.63, 3.8) is 0 Å². The lowest BCUT2D eigenvalue weighted by atomic mass is 10.2. The van der Waals surface area contributed by atoms with E-state index in [2.05, 4.69) is 10.1 Å². The van der Waals surface area contributed by atoms with Gasteiger partial charge in [0.05, 0.1) is 10.7 Å². The molecule has 0 spiro atoms. The van der Waals surface area contributed by atoms with Gasteiger partial charge in [0.25, 0.3) is 0 Å². The van der Waals surface area contributed by atoms with Crippen molar-refractivity contribution >= 4 is 34.8 Å². The van der Waals surface area contributed by atoms with Gasteiger partial charge in [0.1, 0.15) is 6.33 Å². The van der Waals surface area contributed by atoms with Gasteiger partial charge in [-0.05, 0) is 42.5 Å². The molecule has 0 radical (unpaired) electrons. The minimum Gasteiger partial charge on any atom is -0.215 e. The third-order valence-electron chi connectivity index (χ3n) is 2.79. The Morgan fingerprint density at radius 3 is 2.25 bits per heavy atom. The van der Waals surface area contributed by atoms with Gasteiger partial charge < -0.3 is 0 Å². The summed E-state index contributed by atoms with van der Waals surface area (Å²) in [7, 11) is 0. The van der Waals surface area contributed by atoms with Crippen LogP contribution in [0.25, 0.3) is 17.1 Å². The highest BCUT2D eigenvalue weighted by Crippen LogP contribution is 2.30. The van der Waals surface area contributed by atoms with Crippen LogP contribution >= 0.6 is 34.8 Å². The Balaban J connectivity index is 2.12. The van der Waals surface area contributed by atoms with E-state index in [1.54, 1.807) is 28.9 Å². The van der Waals surface area contributed by atoms with E-state index in [0.29, 0.717) is 20.9 Å². The maximum atomic E-state index is 6.22. The fourth-order valence-corrected chi connectivity index (χ4v) is 2.49. The van der Waals surface area contributed by atoms with Crippen LogP contribution in [0.15, 0.2) is 48.8 Å². The van der Waals surface area contributed by atoms with E-state index in [0.717, 1.165) is 11.3 Å². The molecule has 0 unspecified atom stereocenters. The average molecular weight is 325 g/mol. The SMILES string of the molecule is Clc1ccc(-n2ncnc2-c2ccc(Cl)cc2Cl)cc1. The molecule has 3 aromatic rings. The molecule has 0 aliphatic heterocycles. The Morgan fingerprint density at radius 2 is 1.55 bits per heavy atom. The standard InChI is InChI=1S/C14H8Cl3N3/c15-9-1-4-11(5-2-9)20-14(18-8-19-20)12-6-3-10(16)7-13(12)17/h1-8H. The molecule has 0 saturated heterocycles. The lowest BCUT2D eigenvalue weighted by molar-refractivity contribution is 0.887. The average Bonchev–Trinajstić information content (AvgIpc) is 2.88. The first kappa shape index (κ1) is 13.4. The van der Waals surface area contributed by atoms with Crippen LogP contribution in [-0.2, 0) is 0 Å². The zero-order valence-corrected chi connectivity index (χ0v) is 12.4. The van der Waals surface area contributed by atoms with Gasteiger partial charge >= 0.3 is 0 Å². The van der Waals surface area contributed by atoms with Crippen molar-refractivity contribution in [2.45, 2.75) is 0 Å². The molecule has 0 aliphatic rings. The summed E-state index contributed by atoms with van der Waals surface area (Å²) in [6.45, 7) is 0. The molecule has 0 atom stereocenters. The van der Waals surface area contributed by atoms with Gasteiger partial charge in [-0.2, -0.15) is 5.10 Å². The van der Waals surface area contributed by atoms with Crippen molar-refractivity contribution in [2.75, 3.05) is 0 Å². The van der Waals surface area contributed by atoms with E-state index >= 15 is 0 Å². The monoisotopic (exact) mass is 323 g/mol. The van der Waals surface area contributed by atoms with Gasteiger partial charge in [-0.25, -0.2) is 9.67 Å². The van der Waals surface area contributed by atoms with Crippen molar-refractivity contribution < 1.29 is 0 Å². The third kappa shape index (κ3) is 2.52. The Morgan fingerprint density at radius 1 is 0.850 bits per heavy atom. The molecule has 1 aromatic heterocycles. The summed E-state index contributed by atoms with van der Waals surface area (Å²) in [4.78, 5) is 4.27. The Labute approximate surface area is 130 Å². The summed E-state index contributed by atoms with van der Waals surface area (Å²) in [5, 5.41) is 6.00. The predicted molar refractivity (Wildman–Crippen MR) is 81.8 cm³/mol. The smallest absolute Gasteiger partial charge is 0.164 e. The van der Waals surface area contributed by atoms with E-state index in [9.17, 15) is 0 Å². The second-order valence-electron chi connectivity index (χ2n) is 4.10. The quantitative estimate of drug-likeness (QED) is 0.671. The highest BCUT2D eigenvalue weighted by Gasteiger charge is 2.12. The molecule has 0 bridgehead atoms. The van der Waals surface area contributed by atoms with Gasteiger partial charge in [-0.1, -0.05) is 34.8 Å². The van der Waals surface area contributed by atoms with E-state index in [1.165, 1.54) is 6.33 Å². The fraction of sp³-hybridized carbons (Fsp3) is 0. The van der Waals surface area contributed by atoms with Crippen molar-refractivity contribution in [3.8, 4) is 17.1 Å². The molecule has 3 nitrogen and oxygen atoms in total. The van der Waals surface area contributed by atoms with Crippen molar-refractivity contribution in [3.05, 3.63) is 63.9 Å². The summed E-state index contributed by atoms with van der Waals surface area (Å²) in [5.74, 6) is 0.647. The second kappa shape index (κ2) is 5.44. The van der Waals surface area contributed by atoms with E-state index in [4.69, 9.17) is 34.8 Å². The summed E-state index contributed by atoms with van der Waals surface area (Å²) >= 11 is 18.0. The first-order chi connectivity index (χ1) is 9.65. The highest BCUT2D eigenvalue weighted by atomic mass is 35.5. The Hall–Kier alpha value is -1.55. The number of aromatic nitrogens is 3. The Bertz CT molecular complexity index is 751. The van der Waals surface area contributed by atoms with E-state index in [-0.39, 0.29) is 0 Å². The molecule has 0 fully saturated rings. The van der Waals surface area contributed by atoms with Gasteiger partial charge in [0, 0.05) is 15.6 Å². The number of halogens is 3. The number of benzene rings is 2. The number of nitrogens with zero attached hydrogens (tertiary/aromatic N) is 3. The van der Waals surface area contributed by atoms with Gasteiger partial charge in [-0.15, -0.1) is 0 Å². The third-order valence-corrected chi connectivity index (χ3v) is 3.59. The van der Waals surface area contributed by atoms with Crippen molar-refractivity contribution in [1.29, 1.82) is 0 Å². The summed E-state index contributed by atoms with van der Waals surface area (Å²) in [5.41, 5.74) is 1.62. The zero-order chi connectivity index (χ0) is 14.1. The lowest BCUT2D eigenvalue weighted by Crippen LogP contribution is -1.99. The van der Waals surface area contributed by atoms with E-state index < -0.39 is 0 Å². The van der Waals surface area contributed by atoms with Crippen LogP contribution in [0.3, 0.4) is 0 Å². The van der Waals surface area contributed by atoms with Crippen LogP contribution in [0.4, 0.5) is 0 Å². The van der Waals surface area contributed by atoms with Crippen molar-refractivity contribution in [2.24, 2.45) is 0 Å². The predicted octanol–water partition coefficient (Wildman–Crippen LogP) is 4.89. The lowest BCUT2D eigenvalue weighted by Gasteiger charge is -2.08. The zero-order valence-electron chi connectivity index (χ0n) is 10.1. The Kier molecular flexibility index (Phi) is 3.66. The van der Waals surface area contributed by atoms with Crippen LogP contribution in [0.1, 0.15) is 0 Å². The largest absolute Gasteiger partial charge is 0.215 e. The molecule has 2 aromatic carbocycles. The molecule has 1 heterocycles. The van der Waals surface area contributed by atoms with Crippen LogP contribution < -0.4 is 0 Å². The second-order valence-corrected chi connectivity index (χ2v) is 5.38. The molecular formula is C14H8Cl3N3.